The van der Waals surface area contributed by atoms with Crippen molar-refractivity contribution in [3.63, 3.8) is 0 Å². The van der Waals surface area contributed by atoms with E-state index in [4.69, 9.17) is 10.2 Å². The lowest BCUT2D eigenvalue weighted by atomic mass is 10.1. The third-order valence-electron chi connectivity index (χ3n) is 2.41. The Hall–Kier alpha value is -1.54. The third kappa shape index (κ3) is 2.28. The Bertz CT molecular complexity index is 428. The van der Waals surface area contributed by atoms with Crippen molar-refractivity contribution in [2.75, 3.05) is 6.54 Å². The highest BCUT2D eigenvalue weighted by atomic mass is 16.3. The van der Waals surface area contributed by atoms with E-state index in [9.17, 15) is 0 Å². The number of rotatable bonds is 3. The van der Waals surface area contributed by atoms with Gasteiger partial charge in [0.25, 0.3) is 0 Å². The molecule has 78 valence electrons. The Balaban J connectivity index is 2.23. The Kier molecular flexibility index (Phi) is 2.88. The molecule has 2 aromatic rings. The lowest BCUT2D eigenvalue weighted by molar-refractivity contribution is 0.548. The van der Waals surface area contributed by atoms with E-state index in [1.54, 1.807) is 0 Å². The van der Waals surface area contributed by atoms with Crippen molar-refractivity contribution in [3.05, 3.63) is 47.7 Å². The van der Waals surface area contributed by atoms with Gasteiger partial charge in [-0.05, 0) is 37.6 Å². The standard InChI is InChI=1S/C13H15NO/c1-10-2-7-13(15-10)12-5-3-11(4-6-12)8-9-14/h2-7H,8-9,14H2,1H3. The average Bonchev–Trinajstić information content (AvgIpc) is 2.67. The first kappa shape index (κ1) is 9.99. The first-order chi connectivity index (χ1) is 7.29. The smallest absolute Gasteiger partial charge is 0.134 e. The van der Waals surface area contributed by atoms with Gasteiger partial charge in [0.2, 0.25) is 0 Å². The Morgan fingerprint density at radius 3 is 2.33 bits per heavy atom. The molecule has 1 heterocycles. The molecule has 0 radical (unpaired) electrons. The molecule has 0 atom stereocenters. The molecule has 2 N–H and O–H groups in total. The quantitative estimate of drug-likeness (QED) is 0.829. The summed E-state index contributed by atoms with van der Waals surface area (Å²) >= 11 is 0. The van der Waals surface area contributed by atoms with E-state index in [0.717, 1.165) is 23.5 Å². The van der Waals surface area contributed by atoms with Crippen LogP contribution in [-0.2, 0) is 6.42 Å². The average molecular weight is 201 g/mol. The number of hydrogen-bond acceptors (Lipinski definition) is 2. The van der Waals surface area contributed by atoms with E-state index in [1.807, 2.05) is 19.1 Å². The van der Waals surface area contributed by atoms with Crippen molar-refractivity contribution >= 4 is 0 Å². The van der Waals surface area contributed by atoms with Gasteiger partial charge in [-0.1, -0.05) is 24.3 Å². The van der Waals surface area contributed by atoms with Gasteiger partial charge in [0.05, 0.1) is 0 Å². The lowest BCUT2D eigenvalue weighted by Gasteiger charge is -2.00. The van der Waals surface area contributed by atoms with E-state index in [-0.39, 0.29) is 0 Å². The van der Waals surface area contributed by atoms with Gasteiger partial charge in [0, 0.05) is 5.56 Å². The first-order valence-electron chi connectivity index (χ1n) is 5.15. The molecule has 1 aromatic heterocycles. The molecule has 0 bridgehead atoms. The maximum Gasteiger partial charge on any atom is 0.134 e. The van der Waals surface area contributed by atoms with E-state index >= 15 is 0 Å². The summed E-state index contributed by atoms with van der Waals surface area (Å²) in [6.07, 6.45) is 0.928. The second-order valence-electron chi connectivity index (χ2n) is 3.65. The Labute approximate surface area is 89.7 Å². The highest BCUT2D eigenvalue weighted by molar-refractivity contribution is 5.57. The molecule has 2 rings (SSSR count). The van der Waals surface area contributed by atoms with Gasteiger partial charge in [-0.25, -0.2) is 0 Å². The predicted molar refractivity (Wildman–Crippen MR) is 61.6 cm³/mol. The lowest BCUT2D eigenvalue weighted by Crippen LogP contribution is -2.02. The minimum atomic E-state index is 0.694. The summed E-state index contributed by atoms with van der Waals surface area (Å²) < 4.78 is 5.54. The zero-order chi connectivity index (χ0) is 10.7. The van der Waals surface area contributed by atoms with Gasteiger partial charge < -0.3 is 10.2 Å². The molecule has 0 amide bonds. The zero-order valence-corrected chi connectivity index (χ0v) is 8.86. The third-order valence-corrected chi connectivity index (χ3v) is 2.41. The van der Waals surface area contributed by atoms with Crippen molar-refractivity contribution in [3.8, 4) is 11.3 Å². The highest BCUT2D eigenvalue weighted by Crippen LogP contribution is 2.22. The second kappa shape index (κ2) is 4.32. The van der Waals surface area contributed by atoms with Crippen LogP contribution in [0.1, 0.15) is 11.3 Å². The van der Waals surface area contributed by atoms with E-state index in [1.165, 1.54) is 5.56 Å². The van der Waals surface area contributed by atoms with Crippen molar-refractivity contribution in [1.29, 1.82) is 0 Å². The molecule has 2 nitrogen and oxygen atoms in total. The molecule has 0 spiro atoms. The number of hydrogen-bond donors (Lipinski definition) is 1. The summed E-state index contributed by atoms with van der Waals surface area (Å²) in [5.41, 5.74) is 7.88. The predicted octanol–water partition coefficient (Wildman–Crippen LogP) is 2.76. The van der Waals surface area contributed by atoms with Crippen LogP contribution < -0.4 is 5.73 Å². The van der Waals surface area contributed by atoms with Crippen LogP contribution in [0.4, 0.5) is 0 Å². The molecular formula is C13H15NO. The van der Waals surface area contributed by atoms with Crippen molar-refractivity contribution in [1.82, 2.24) is 0 Å². The summed E-state index contributed by atoms with van der Waals surface area (Å²) in [4.78, 5) is 0. The van der Waals surface area contributed by atoms with E-state index in [2.05, 4.69) is 24.3 Å². The van der Waals surface area contributed by atoms with Crippen molar-refractivity contribution in [2.24, 2.45) is 5.73 Å². The molecule has 1 aromatic carbocycles. The van der Waals surface area contributed by atoms with Crippen LogP contribution in [0.3, 0.4) is 0 Å². The summed E-state index contributed by atoms with van der Waals surface area (Å²) in [7, 11) is 0. The van der Waals surface area contributed by atoms with Crippen LogP contribution in [-0.4, -0.2) is 6.54 Å². The summed E-state index contributed by atoms with van der Waals surface area (Å²) in [5.74, 6) is 1.86. The van der Waals surface area contributed by atoms with Crippen LogP contribution in [0.25, 0.3) is 11.3 Å². The fraction of sp³-hybridized carbons (Fsp3) is 0.231. The Morgan fingerprint density at radius 1 is 1.07 bits per heavy atom. The monoisotopic (exact) mass is 201 g/mol. The van der Waals surface area contributed by atoms with Gasteiger partial charge in [-0.3, -0.25) is 0 Å². The van der Waals surface area contributed by atoms with Gasteiger partial charge in [-0.15, -0.1) is 0 Å². The Morgan fingerprint density at radius 2 is 1.80 bits per heavy atom. The maximum atomic E-state index is 5.54. The van der Waals surface area contributed by atoms with Crippen molar-refractivity contribution in [2.45, 2.75) is 13.3 Å². The van der Waals surface area contributed by atoms with Crippen LogP contribution in [0.2, 0.25) is 0 Å². The normalized spacial score (nSPS) is 10.5. The fourth-order valence-corrected chi connectivity index (χ4v) is 1.59. The molecule has 0 fully saturated rings. The number of furan rings is 1. The largest absolute Gasteiger partial charge is 0.461 e. The molecule has 0 aliphatic carbocycles. The highest BCUT2D eigenvalue weighted by Gasteiger charge is 2.01. The second-order valence-corrected chi connectivity index (χ2v) is 3.65. The molecule has 2 heteroatoms. The molecule has 0 saturated carbocycles. The summed E-state index contributed by atoms with van der Waals surface area (Å²) in [5, 5.41) is 0. The molecule has 0 aliphatic heterocycles. The van der Waals surface area contributed by atoms with E-state index in [0.29, 0.717) is 6.54 Å². The van der Waals surface area contributed by atoms with Crippen LogP contribution in [0, 0.1) is 6.92 Å². The van der Waals surface area contributed by atoms with E-state index < -0.39 is 0 Å². The molecule has 0 saturated heterocycles. The van der Waals surface area contributed by atoms with Gasteiger partial charge in [0.15, 0.2) is 0 Å². The molecular weight excluding hydrogens is 186 g/mol. The molecule has 15 heavy (non-hydrogen) atoms. The number of benzene rings is 1. The number of aryl methyl sites for hydroxylation is 1. The SMILES string of the molecule is Cc1ccc(-c2ccc(CCN)cc2)o1. The summed E-state index contributed by atoms with van der Waals surface area (Å²) in [6, 6.07) is 12.3. The van der Waals surface area contributed by atoms with Crippen molar-refractivity contribution < 1.29 is 4.42 Å². The minimum Gasteiger partial charge on any atom is -0.461 e. The molecule has 0 aliphatic rings. The summed E-state index contributed by atoms with van der Waals surface area (Å²) in [6.45, 7) is 2.64. The first-order valence-corrected chi connectivity index (χ1v) is 5.15. The zero-order valence-electron chi connectivity index (χ0n) is 8.86. The topological polar surface area (TPSA) is 39.2 Å². The molecule has 0 unspecified atom stereocenters. The fourth-order valence-electron chi connectivity index (χ4n) is 1.59. The van der Waals surface area contributed by atoms with Gasteiger partial charge >= 0.3 is 0 Å². The van der Waals surface area contributed by atoms with Crippen LogP contribution in [0.15, 0.2) is 40.8 Å². The van der Waals surface area contributed by atoms with Crippen LogP contribution >= 0.6 is 0 Å². The van der Waals surface area contributed by atoms with Crippen LogP contribution in [0.5, 0.6) is 0 Å². The maximum absolute atomic E-state index is 5.54. The number of nitrogens with two attached hydrogens (primary N) is 1. The minimum absolute atomic E-state index is 0.694. The van der Waals surface area contributed by atoms with Gasteiger partial charge in [-0.2, -0.15) is 0 Å². The van der Waals surface area contributed by atoms with Gasteiger partial charge in [0.1, 0.15) is 11.5 Å².